The minimum absolute atomic E-state index is 0.104. The van der Waals surface area contributed by atoms with Crippen LogP contribution in [0.4, 0.5) is 4.79 Å². The van der Waals surface area contributed by atoms with Crippen molar-refractivity contribution >= 4 is 11.8 Å². The molecule has 2 aliphatic rings. The normalized spacial score (nSPS) is 28.7. The van der Waals surface area contributed by atoms with Crippen LogP contribution in [0.25, 0.3) is 0 Å². The second-order valence-electron chi connectivity index (χ2n) is 2.72. The molecule has 0 aromatic carbocycles. The van der Waals surface area contributed by atoms with Crippen LogP contribution in [0.5, 0.6) is 0 Å². The predicted octanol–water partition coefficient (Wildman–Crippen LogP) is -0.228. The van der Waals surface area contributed by atoms with E-state index in [1.165, 1.54) is 0 Å². The van der Waals surface area contributed by atoms with E-state index in [2.05, 4.69) is 10.6 Å². The van der Waals surface area contributed by atoms with E-state index in [0.29, 0.717) is 13.0 Å². The molecule has 1 aliphatic carbocycles. The van der Waals surface area contributed by atoms with E-state index < -0.39 is 0 Å². The molecule has 0 aromatic rings. The molecule has 0 radical (unpaired) electrons. The lowest BCUT2D eigenvalue weighted by atomic mass is 10.0. The second kappa shape index (κ2) is 2.08. The number of carbonyl (C=O) groups excluding carboxylic acids is 2. The fourth-order valence-electron chi connectivity index (χ4n) is 1.40. The molecule has 2 rings (SSSR count). The Balaban J connectivity index is 2.21. The molecule has 1 unspecified atom stereocenters. The Morgan fingerprint density at radius 2 is 2.27 bits per heavy atom. The summed E-state index contributed by atoms with van der Waals surface area (Å²) in [7, 11) is 0. The minimum Gasteiger partial charge on any atom is -0.337 e. The molecule has 4 nitrogen and oxygen atoms in total. The van der Waals surface area contributed by atoms with Crippen LogP contribution in [0.3, 0.4) is 0 Å². The second-order valence-corrected chi connectivity index (χ2v) is 2.72. The zero-order valence-electron chi connectivity index (χ0n) is 5.89. The average Bonchev–Trinajstić information content (AvgIpc) is 2.32. The zero-order chi connectivity index (χ0) is 7.84. The van der Waals surface area contributed by atoms with Crippen molar-refractivity contribution in [2.75, 3.05) is 6.54 Å². The molecule has 0 saturated carbocycles. The summed E-state index contributed by atoms with van der Waals surface area (Å²) in [6.45, 7) is 0.455. The van der Waals surface area contributed by atoms with E-state index >= 15 is 0 Å². The van der Waals surface area contributed by atoms with E-state index in [0.717, 1.165) is 5.70 Å². The quantitative estimate of drug-likeness (QED) is 0.503. The maximum Gasteiger partial charge on any atom is 0.319 e. The number of hydrogen-bond donors (Lipinski definition) is 2. The number of carbonyl (C=O) groups is 2. The van der Waals surface area contributed by atoms with Crippen LogP contribution in [0, 0.1) is 5.92 Å². The van der Waals surface area contributed by atoms with Gasteiger partial charge in [0.2, 0.25) is 0 Å². The summed E-state index contributed by atoms with van der Waals surface area (Å²) in [6.07, 6.45) is 2.24. The molecule has 1 saturated heterocycles. The molecule has 1 fully saturated rings. The Morgan fingerprint density at radius 3 is 3.09 bits per heavy atom. The van der Waals surface area contributed by atoms with Crippen LogP contribution in [0.15, 0.2) is 11.8 Å². The number of hydrogen-bond acceptors (Lipinski definition) is 2. The Morgan fingerprint density at radius 1 is 1.45 bits per heavy atom. The van der Waals surface area contributed by atoms with Crippen molar-refractivity contribution in [1.29, 1.82) is 0 Å². The summed E-state index contributed by atoms with van der Waals surface area (Å²) in [5, 5.41) is 5.17. The maximum absolute atomic E-state index is 11.1. The molecule has 0 aromatic heterocycles. The number of allylic oxidation sites excluding steroid dienone is 1. The van der Waals surface area contributed by atoms with Gasteiger partial charge in [0.05, 0.1) is 5.92 Å². The molecule has 11 heavy (non-hydrogen) atoms. The van der Waals surface area contributed by atoms with Crippen molar-refractivity contribution in [3.8, 4) is 0 Å². The summed E-state index contributed by atoms with van der Waals surface area (Å²) in [4.78, 5) is 21.8. The lowest BCUT2D eigenvalue weighted by Crippen LogP contribution is -2.47. The lowest BCUT2D eigenvalue weighted by Gasteiger charge is -2.21. The van der Waals surface area contributed by atoms with Crippen LogP contribution in [-0.4, -0.2) is 18.4 Å². The van der Waals surface area contributed by atoms with Gasteiger partial charge in [0, 0.05) is 18.7 Å². The molecule has 0 bridgehead atoms. The fourth-order valence-corrected chi connectivity index (χ4v) is 1.40. The molecule has 58 valence electrons. The van der Waals surface area contributed by atoms with Gasteiger partial charge in [0.1, 0.15) is 5.78 Å². The van der Waals surface area contributed by atoms with Crippen LogP contribution in [-0.2, 0) is 4.79 Å². The van der Waals surface area contributed by atoms with E-state index in [1.807, 2.05) is 0 Å². The molecule has 2 amide bonds. The van der Waals surface area contributed by atoms with Gasteiger partial charge in [-0.3, -0.25) is 4.79 Å². The Labute approximate surface area is 63.7 Å². The molecular formula is C7H8N2O2. The zero-order valence-corrected chi connectivity index (χ0v) is 5.89. The van der Waals surface area contributed by atoms with Crippen LogP contribution in [0.2, 0.25) is 0 Å². The first-order chi connectivity index (χ1) is 5.27. The van der Waals surface area contributed by atoms with Gasteiger partial charge in [-0.15, -0.1) is 0 Å². The molecule has 4 heteroatoms. The van der Waals surface area contributed by atoms with Crippen molar-refractivity contribution in [1.82, 2.24) is 10.6 Å². The lowest BCUT2D eigenvalue weighted by molar-refractivity contribution is -0.120. The minimum atomic E-state index is -0.206. The molecule has 1 heterocycles. The van der Waals surface area contributed by atoms with Gasteiger partial charge < -0.3 is 10.6 Å². The highest BCUT2D eigenvalue weighted by atomic mass is 16.2. The van der Waals surface area contributed by atoms with Crippen LogP contribution in [0.1, 0.15) is 6.42 Å². The highest BCUT2D eigenvalue weighted by Gasteiger charge is 2.31. The number of urea groups is 1. The van der Waals surface area contributed by atoms with Gasteiger partial charge in [0.15, 0.2) is 0 Å². The van der Waals surface area contributed by atoms with Crippen molar-refractivity contribution in [3.63, 3.8) is 0 Å². The van der Waals surface area contributed by atoms with Gasteiger partial charge in [-0.05, 0) is 0 Å². The first-order valence-corrected chi connectivity index (χ1v) is 3.55. The smallest absolute Gasteiger partial charge is 0.319 e. The Hall–Kier alpha value is -1.32. The largest absolute Gasteiger partial charge is 0.337 e. The summed E-state index contributed by atoms with van der Waals surface area (Å²) in [5.41, 5.74) is 0.777. The SMILES string of the molecule is O=C1NCC2C(=O)CC=C2N1. The highest BCUT2D eigenvalue weighted by Crippen LogP contribution is 2.21. The summed E-state index contributed by atoms with van der Waals surface area (Å²) in [6, 6.07) is -0.206. The van der Waals surface area contributed by atoms with Crippen molar-refractivity contribution in [2.45, 2.75) is 6.42 Å². The van der Waals surface area contributed by atoms with E-state index in [-0.39, 0.29) is 17.7 Å². The topological polar surface area (TPSA) is 58.2 Å². The van der Waals surface area contributed by atoms with Crippen LogP contribution < -0.4 is 10.6 Å². The number of ketones is 1. The van der Waals surface area contributed by atoms with Gasteiger partial charge in [-0.2, -0.15) is 0 Å². The van der Waals surface area contributed by atoms with Crippen molar-refractivity contribution in [3.05, 3.63) is 11.8 Å². The van der Waals surface area contributed by atoms with Crippen molar-refractivity contribution < 1.29 is 9.59 Å². The number of amides is 2. The third kappa shape index (κ3) is 0.906. The van der Waals surface area contributed by atoms with Crippen molar-refractivity contribution in [2.24, 2.45) is 5.92 Å². The number of nitrogens with one attached hydrogen (secondary N) is 2. The number of rotatable bonds is 0. The third-order valence-electron chi connectivity index (χ3n) is 2.01. The molecule has 1 atom stereocenters. The Bertz CT molecular complexity index is 257. The summed E-state index contributed by atoms with van der Waals surface area (Å²) >= 11 is 0. The maximum atomic E-state index is 11.1. The predicted molar refractivity (Wildman–Crippen MR) is 37.7 cm³/mol. The standard InChI is InChI=1S/C7H8N2O2/c10-6-2-1-5-4(6)3-8-7(11)9-5/h1,4H,2-3H2,(H2,8,9,11). The number of fused-ring (bicyclic) bond motifs is 1. The molecule has 2 N–H and O–H groups in total. The fraction of sp³-hybridized carbons (Fsp3) is 0.429. The molecule has 0 spiro atoms. The van der Waals surface area contributed by atoms with Gasteiger partial charge in [0.25, 0.3) is 0 Å². The first kappa shape index (κ1) is 6.39. The average molecular weight is 152 g/mol. The molecule has 1 aliphatic heterocycles. The first-order valence-electron chi connectivity index (χ1n) is 3.55. The van der Waals surface area contributed by atoms with Gasteiger partial charge in [-0.1, -0.05) is 6.08 Å². The van der Waals surface area contributed by atoms with E-state index in [1.54, 1.807) is 6.08 Å². The summed E-state index contributed by atoms with van der Waals surface area (Å²) < 4.78 is 0. The summed E-state index contributed by atoms with van der Waals surface area (Å²) in [5.74, 6) is 0.0835. The monoisotopic (exact) mass is 152 g/mol. The number of Topliss-reactive ketones (excluding diaryl/α,β-unsaturated/α-hetero) is 1. The van der Waals surface area contributed by atoms with E-state index in [4.69, 9.17) is 0 Å². The highest BCUT2D eigenvalue weighted by molar-refractivity contribution is 5.92. The van der Waals surface area contributed by atoms with Gasteiger partial charge >= 0.3 is 6.03 Å². The van der Waals surface area contributed by atoms with Crippen LogP contribution >= 0.6 is 0 Å². The Kier molecular flexibility index (Phi) is 1.21. The van der Waals surface area contributed by atoms with Gasteiger partial charge in [-0.25, -0.2) is 4.79 Å². The van der Waals surface area contributed by atoms with E-state index in [9.17, 15) is 9.59 Å². The third-order valence-corrected chi connectivity index (χ3v) is 2.01. The molecular weight excluding hydrogens is 144 g/mol.